The molecular formula is C16H16O3. The largest absolute Gasteiger partial charge is 0.482 e. The minimum atomic E-state index is -0.969. The van der Waals surface area contributed by atoms with Crippen LogP contribution < -0.4 is 4.74 Å². The zero-order valence-electron chi connectivity index (χ0n) is 10.8. The fraction of sp³-hybridized carbons (Fsp3) is 0.188. The summed E-state index contributed by atoms with van der Waals surface area (Å²) < 4.78 is 5.09. The summed E-state index contributed by atoms with van der Waals surface area (Å²) in [6, 6.07) is 15.9. The molecule has 3 nitrogen and oxygen atoms in total. The maximum absolute atomic E-state index is 10.4. The molecule has 19 heavy (non-hydrogen) atoms. The molecule has 2 aromatic rings. The summed E-state index contributed by atoms with van der Waals surface area (Å²) in [5.74, 6) is -0.390. The first-order valence-electron chi connectivity index (χ1n) is 6.12. The summed E-state index contributed by atoms with van der Waals surface area (Å²) in [7, 11) is 0. The second-order valence-electron chi connectivity index (χ2n) is 4.49. The van der Waals surface area contributed by atoms with Gasteiger partial charge in [-0.2, -0.15) is 0 Å². The number of carboxylic acid groups (broad SMARTS) is 1. The molecule has 0 bridgehead atoms. The predicted octanol–water partition coefficient (Wildman–Crippen LogP) is 3.05. The Morgan fingerprint density at radius 3 is 2.05 bits per heavy atom. The topological polar surface area (TPSA) is 46.5 Å². The molecule has 98 valence electrons. The molecule has 0 aliphatic rings. The van der Waals surface area contributed by atoms with Crippen molar-refractivity contribution in [2.75, 3.05) is 6.61 Å². The van der Waals surface area contributed by atoms with Crippen LogP contribution >= 0.6 is 0 Å². The first kappa shape index (κ1) is 13.1. The standard InChI is InChI=1S/C16H16O3/c1-12-2-4-13(5-3-12)10-14-6-8-15(9-7-14)19-11-16(17)18/h2-9H,10-11H2,1H3,(H,17,18). The lowest BCUT2D eigenvalue weighted by molar-refractivity contribution is -0.139. The number of carbonyl (C=O) groups is 1. The van der Waals surface area contributed by atoms with Gasteiger partial charge in [0.15, 0.2) is 6.61 Å². The van der Waals surface area contributed by atoms with Crippen molar-refractivity contribution in [2.45, 2.75) is 13.3 Å². The second kappa shape index (κ2) is 6.05. The smallest absolute Gasteiger partial charge is 0.341 e. The van der Waals surface area contributed by atoms with Gasteiger partial charge in [-0.05, 0) is 36.6 Å². The Morgan fingerprint density at radius 2 is 1.53 bits per heavy atom. The third-order valence-corrected chi connectivity index (χ3v) is 2.81. The van der Waals surface area contributed by atoms with Gasteiger partial charge in [0.2, 0.25) is 0 Å². The van der Waals surface area contributed by atoms with E-state index in [-0.39, 0.29) is 6.61 Å². The van der Waals surface area contributed by atoms with E-state index in [9.17, 15) is 4.79 Å². The number of rotatable bonds is 5. The number of hydrogen-bond donors (Lipinski definition) is 1. The molecule has 3 heteroatoms. The number of benzene rings is 2. The molecule has 0 heterocycles. The Kier molecular flexibility index (Phi) is 4.18. The van der Waals surface area contributed by atoms with E-state index >= 15 is 0 Å². The van der Waals surface area contributed by atoms with E-state index < -0.39 is 5.97 Å². The van der Waals surface area contributed by atoms with Crippen molar-refractivity contribution < 1.29 is 14.6 Å². The maximum Gasteiger partial charge on any atom is 0.341 e. The van der Waals surface area contributed by atoms with E-state index in [1.165, 1.54) is 16.7 Å². The molecule has 0 saturated heterocycles. The fourth-order valence-electron chi connectivity index (χ4n) is 1.79. The van der Waals surface area contributed by atoms with Crippen molar-refractivity contribution in [3.8, 4) is 5.75 Å². The van der Waals surface area contributed by atoms with E-state index in [1.807, 2.05) is 12.1 Å². The Balaban J connectivity index is 1.98. The molecule has 0 aliphatic heterocycles. The molecule has 0 amide bonds. The lowest BCUT2D eigenvalue weighted by Crippen LogP contribution is -2.09. The van der Waals surface area contributed by atoms with Crippen LogP contribution in [-0.4, -0.2) is 17.7 Å². The molecule has 0 fully saturated rings. The summed E-state index contributed by atoms with van der Waals surface area (Å²) in [4.78, 5) is 10.4. The second-order valence-corrected chi connectivity index (χ2v) is 4.49. The van der Waals surface area contributed by atoms with Crippen molar-refractivity contribution in [1.82, 2.24) is 0 Å². The lowest BCUT2D eigenvalue weighted by atomic mass is 10.0. The van der Waals surface area contributed by atoms with Crippen molar-refractivity contribution in [2.24, 2.45) is 0 Å². The molecule has 0 atom stereocenters. The van der Waals surface area contributed by atoms with Crippen LogP contribution in [0.15, 0.2) is 48.5 Å². The molecular weight excluding hydrogens is 240 g/mol. The SMILES string of the molecule is Cc1ccc(Cc2ccc(OCC(=O)O)cc2)cc1. The van der Waals surface area contributed by atoms with Gasteiger partial charge in [-0.3, -0.25) is 0 Å². The zero-order chi connectivity index (χ0) is 13.7. The van der Waals surface area contributed by atoms with Crippen LogP contribution in [0.25, 0.3) is 0 Å². The van der Waals surface area contributed by atoms with Gasteiger partial charge >= 0.3 is 5.97 Å². The van der Waals surface area contributed by atoms with Gasteiger partial charge in [0.05, 0.1) is 0 Å². The summed E-state index contributed by atoms with van der Waals surface area (Å²) in [6.07, 6.45) is 0.861. The van der Waals surface area contributed by atoms with Crippen LogP contribution in [0.5, 0.6) is 5.75 Å². The van der Waals surface area contributed by atoms with E-state index in [0.29, 0.717) is 5.75 Å². The fourth-order valence-corrected chi connectivity index (χ4v) is 1.79. The van der Waals surface area contributed by atoms with E-state index in [0.717, 1.165) is 6.42 Å². The van der Waals surface area contributed by atoms with Gasteiger partial charge in [0, 0.05) is 0 Å². The molecule has 0 spiro atoms. The highest BCUT2D eigenvalue weighted by Gasteiger charge is 2.00. The third-order valence-electron chi connectivity index (χ3n) is 2.81. The summed E-state index contributed by atoms with van der Waals surface area (Å²) in [5.41, 5.74) is 3.68. The number of aliphatic carboxylic acids is 1. The first-order valence-corrected chi connectivity index (χ1v) is 6.12. The Labute approximate surface area is 112 Å². The van der Waals surface area contributed by atoms with Crippen molar-refractivity contribution in [1.29, 1.82) is 0 Å². The number of carboxylic acids is 1. The van der Waals surface area contributed by atoms with Crippen LogP contribution in [0, 0.1) is 6.92 Å². The average Bonchev–Trinajstić information content (AvgIpc) is 2.40. The van der Waals surface area contributed by atoms with Gasteiger partial charge in [0.1, 0.15) is 5.75 Å². The minimum Gasteiger partial charge on any atom is -0.482 e. The Hall–Kier alpha value is -2.29. The van der Waals surface area contributed by atoms with Crippen LogP contribution in [0.3, 0.4) is 0 Å². The van der Waals surface area contributed by atoms with E-state index in [1.54, 1.807) is 12.1 Å². The summed E-state index contributed by atoms with van der Waals surface area (Å²) in [5, 5.41) is 8.52. The van der Waals surface area contributed by atoms with Gasteiger partial charge in [-0.1, -0.05) is 42.0 Å². The van der Waals surface area contributed by atoms with E-state index in [2.05, 4.69) is 31.2 Å². The quantitative estimate of drug-likeness (QED) is 0.894. The van der Waals surface area contributed by atoms with Crippen LogP contribution in [0.1, 0.15) is 16.7 Å². The molecule has 0 saturated carbocycles. The van der Waals surface area contributed by atoms with Crippen molar-refractivity contribution in [3.63, 3.8) is 0 Å². The third kappa shape index (κ3) is 4.14. The number of aryl methyl sites for hydroxylation is 1. The zero-order valence-corrected chi connectivity index (χ0v) is 10.8. The van der Waals surface area contributed by atoms with Crippen molar-refractivity contribution in [3.05, 3.63) is 65.2 Å². The van der Waals surface area contributed by atoms with Gasteiger partial charge in [0.25, 0.3) is 0 Å². The van der Waals surface area contributed by atoms with Gasteiger partial charge < -0.3 is 9.84 Å². The predicted molar refractivity (Wildman–Crippen MR) is 73.6 cm³/mol. The maximum atomic E-state index is 10.4. The summed E-state index contributed by atoms with van der Waals surface area (Å²) >= 11 is 0. The highest BCUT2D eigenvalue weighted by Crippen LogP contribution is 2.15. The highest BCUT2D eigenvalue weighted by molar-refractivity contribution is 5.68. The first-order chi connectivity index (χ1) is 9.13. The van der Waals surface area contributed by atoms with Crippen molar-refractivity contribution >= 4 is 5.97 Å². The lowest BCUT2D eigenvalue weighted by Gasteiger charge is -2.05. The molecule has 0 unspecified atom stereocenters. The van der Waals surface area contributed by atoms with Gasteiger partial charge in [-0.15, -0.1) is 0 Å². The normalized spacial score (nSPS) is 10.2. The van der Waals surface area contributed by atoms with Gasteiger partial charge in [-0.25, -0.2) is 4.79 Å². The monoisotopic (exact) mass is 256 g/mol. The molecule has 0 aromatic heterocycles. The molecule has 2 aromatic carbocycles. The molecule has 0 radical (unpaired) electrons. The minimum absolute atomic E-state index is 0.308. The highest BCUT2D eigenvalue weighted by atomic mass is 16.5. The molecule has 0 aliphatic carbocycles. The van der Waals surface area contributed by atoms with Crippen LogP contribution in [0.2, 0.25) is 0 Å². The Morgan fingerprint density at radius 1 is 1.00 bits per heavy atom. The van der Waals surface area contributed by atoms with E-state index in [4.69, 9.17) is 9.84 Å². The Bertz CT molecular complexity index is 541. The number of hydrogen-bond acceptors (Lipinski definition) is 2. The summed E-state index contributed by atoms with van der Waals surface area (Å²) in [6.45, 7) is 1.76. The number of ether oxygens (including phenoxy) is 1. The van der Waals surface area contributed by atoms with Crippen LogP contribution in [0.4, 0.5) is 0 Å². The molecule has 1 N–H and O–H groups in total. The average molecular weight is 256 g/mol. The van der Waals surface area contributed by atoms with Crippen LogP contribution in [-0.2, 0) is 11.2 Å². The molecule has 2 rings (SSSR count).